The fourth-order valence-corrected chi connectivity index (χ4v) is 1.87. The lowest BCUT2D eigenvalue weighted by Crippen LogP contribution is -2.36. The molecule has 0 aliphatic rings. The van der Waals surface area contributed by atoms with Gasteiger partial charge in [-0.1, -0.05) is 30.3 Å². The van der Waals surface area contributed by atoms with Crippen LogP contribution in [-0.2, 0) is 4.79 Å². The number of hydrogen-bond acceptors (Lipinski definition) is 2. The van der Waals surface area contributed by atoms with Crippen molar-refractivity contribution in [3.05, 3.63) is 35.9 Å². The molecular formula is C13H18ClNO2. The van der Waals surface area contributed by atoms with E-state index < -0.39 is 11.5 Å². The maximum absolute atomic E-state index is 11.8. The highest BCUT2D eigenvalue weighted by atomic mass is 35.5. The van der Waals surface area contributed by atoms with E-state index >= 15 is 0 Å². The zero-order chi connectivity index (χ0) is 12.8. The van der Waals surface area contributed by atoms with E-state index in [9.17, 15) is 9.90 Å². The van der Waals surface area contributed by atoms with Crippen LogP contribution in [0.5, 0.6) is 0 Å². The summed E-state index contributed by atoms with van der Waals surface area (Å²) in [4.78, 5) is 11.8. The third-order valence-electron chi connectivity index (χ3n) is 2.41. The van der Waals surface area contributed by atoms with Gasteiger partial charge in [0.1, 0.15) is 5.38 Å². The monoisotopic (exact) mass is 255 g/mol. The van der Waals surface area contributed by atoms with Gasteiger partial charge in [-0.25, -0.2) is 0 Å². The van der Waals surface area contributed by atoms with E-state index in [-0.39, 0.29) is 11.9 Å². The second-order valence-corrected chi connectivity index (χ2v) is 4.70. The molecule has 0 spiro atoms. The number of alkyl halides is 1. The molecule has 2 N–H and O–H groups in total. The molecule has 17 heavy (non-hydrogen) atoms. The van der Waals surface area contributed by atoms with E-state index in [1.54, 1.807) is 6.92 Å². The smallest absolute Gasteiger partial charge is 0.242 e. The lowest BCUT2D eigenvalue weighted by molar-refractivity contribution is -0.121. The van der Waals surface area contributed by atoms with Gasteiger partial charge in [0.25, 0.3) is 0 Å². The van der Waals surface area contributed by atoms with Crippen LogP contribution in [0.3, 0.4) is 0 Å². The number of nitrogens with one attached hydrogen (secondary N) is 1. The Morgan fingerprint density at radius 2 is 1.94 bits per heavy atom. The number of carbonyl (C=O) groups is 1. The molecule has 1 amide bonds. The van der Waals surface area contributed by atoms with E-state index in [0.29, 0.717) is 6.42 Å². The summed E-state index contributed by atoms with van der Waals surface area (Å²) < 4.78 is 0. The molecule has 1 aromatic carbocycles. The van der Waals surface area contributed by atoms with Gasteiger partial charge in [0.05, 0.1) is 6.10 Å². The van der Waals surface area contributed by atoms with Crippen molar-refractivity contribution in [1.82, 2.24) is 5.32 Å². The molecular weight excluding hydrogens is 238 g/mol. The molecule has 4 heteroatoms. The van der Waals surface area contributed by atoms with Gasteiger partial charge in [-0.2, -0.15) is 0 Å². The maximum Gasteiger partial charge on any atom is 0.242 e. The molecule has 3 atom stereocenters. The van der Waals surface area contributed by atoms with Gasteiger partial charge in [0.2, 0.25) is 5.91 Å². The molecule has 0 aromatic heterocycles. The molecule has 0 aliphatic carbocycles. The zero-order valence-corrected chi connectivity index (χ0v) is 10.8. The fourth-order valence-electron chi connectivity index (χ4n) is 1.66. The van der Waals surface area contributed by atoms with Crippen LogP contribution in [0.1, 0.15) is 31.2 Å². The van der Waals surface area contributed by atoms with Crippen molar-refractivity contribution in [3.63, 3.8) is 0 Å². The van der Waals surface area contributed by atoms with Gasteiger partial charge in [0, 0.05) is 6.04 Å². The summed E-state index contributed by atoms with van der Waals surface area (Å²) in [6, 6.07) is 9.11. The fraction of sp³-hybridized carbons (Fsp3) is 0.462. The number of halogens is 1. The minimum absolute atomic E-state index is 0.0903. The minimum atomic E-state index is -0.687. The first-order valence-electron chi connectivity index (χ1n) is 5.68. The number of hydrogen-bond donors (Lipinski definition) is 2. The lowest BCUT2D eigenvalue weighted by atomic mass is 10.1. The summed E-state index contributed by atoms with van der Waals surface area (Å²) in [6.45, 7) is 3.54. The summed E-state index contributed by atoms with van der Waals surface area (Å²) >= 11 is 6.06. The van der Waals surface area contributed by atoms with Crippen molar-refractivity contribution in [2.24, 2.45) is 0 Å². The molecule has 0 bridgehead atoms. The first kappa shape index (κ1) is 14.0. The Morgan fingerprint density at radius 3 is 2.47 bits per heavy atom. The average Bonchev–Trinajstić information content (AvgIpc) is 2.28. The minimum Gasteiger partial charge on any atom is -0.393 e. The van der Waals surface area contributed by atoms with Crippen molar-refractivity contribution in [3.8, 4) is 0 Å². The van der Waals surface area contributed by atoms with E-state index in [0.717, 1.165) is 5.56 Å². The summed E-state index contributed by atoms with van der Waals surface area (Å²) in [7, 11) is 0. The Bertz CT molecular complexity index is 354. The quantitative estimate of drug-likeness (QED) is 0.793. The molecule has 0 saturated carbocycles. The number of aliphatic hydroxyl groups excluding tert-OH is 1. The molecule has 0 heterocycles. The first-order valence-corrected chi connectivity index (χ1v) is 6.11. The first-order chi connectivity index (χ1) is 8.00. The van der Waals surface area contributed by atoms with Crippen LogP contribution in [0.15, 0.2) is 30.3 Å². The second-order valence-electron chi connectivity index (χ2n) is 4.27. The summed E-state index contributed by atoms with van der Waals surface area (Å²) in [5, 5.41) is 11.3. The topological polar surface area (TPSA) is 49.3 Å². The van der Waals surface area contributed by atoms with Crippen LogP contribution in [0.2, 0.25) is 0 Å². The summed E-state index contributed by atoms with van der Waals surface area (Å²) in [5.41, 5.74) is 0.774. The number of rotatable bonds is 5. The van der Waals surface area contributed by atoms with Crippen molar-refractivity contribution in [2.45, 2.75) is 37.8 Å². The van der Waals surface area contributed by atoms with Crippen LogP contribution in [0, 0.1) is 0 Å². The van der Waals surface area contributed by atoms with Crippen molar-refractivity contribution in [2.75, 3.05) is 0 Å². The third kappa shape index (κ3) is 4.75. The van der Waals surface area contributed by atoms with Crippen LogP contribution in [0.4, 0.5) is 0 Å². The highest BCUT2D eigenvalue weighted by Gasteiger charge is 2.19. The lowest BCUT2D eigenvalue weighted by Gasteiger charge is -2.17. The van der Waals surface area contributed by atoms with Gasteiger partial charge >= 0.3 is 0 Å². The Labute approximate surface area is 107 Å². The molecule has 0 saturated heterocycles. The van der Waals surface area contributed by atoms with Gasteiger partial charge in [-0.05, 0) is 25.8 Å². The van der Waals surface area contributed by atoms with Crippen LogP contribution in [0.25, 0.3) is 0 Å². The van der Waals surface area contributed by atoms with Gasteiger partial charge < -0.3 is 10.4 Å². The maximum atomic E-state index is 11.8. The van der Waals surface area contributed by atoms with E-state index in [2.05, 4.69) is 5.32 Å². The molecule has 0 aliphatic heterocycles. The van der Waals surface area contributed by atoms with Gasteiger partial charge in [-0.3, -0.25) is 4.79 Å². The van der Waals surface area contributed by atoms with Gasteiger partial charge in [-0.15, -0.1) is 11.6 Å². The van der Waals surface area contributed by atoms with E-state index in [1.165, 1.54) is 0 Å². The standard InChI is InChI=1S/C13H18ClNO2/c1-9(8-10(2)16)15-13(17)12(14)11-6-4-3-5-7-11/h3-7,9-10,12,16H,8H2,1-2H3,(H,15,17). The highest BCUT2D eigenvalue weighted by Crippen LogP contribution is 2.20. The Hall–Kier alpha value is -1.06. The van der Waals surface area contributed by atoms with Crippen molar-refractivity contribution in [1.29, 1.82) is 0 Å². The molecule has 0 radical (unpaired) electrons. The van der Waals surface area contributed by atoms with Crippen molar-refractivity contribution >= 4 is 17.5 Å². The molecule has 3 unspecified atom stereocenters. The van der Waals surface area contributed by atoms with E-state index in [4.69, 9.17) is 11.6 Å². The molecule has 3 nitrogen and oxygen atoms in total. The molecule has 1 rings (SSSR count). The second kappa shape index (κ2) is 6.62. The number of amides is 1. The highest BCUT2D eigenvalue weighted by molar-refractivity contribution is 6.30. The summed E-state index contributed by atoms with van der Waals surface area (Å²) in [6.07, 6.45) is 0.0836. The molecule has 0 fully saturated rings. The normalized spacial score (nSPS) is 16.0. The zero-order valence-electron chi connectivity index (χ0n) is 10.1. The SMILES string of the molecule is CC(O)CC(C)NC(=O)C(Cl)c1ccccc1. The van der Waals surface area contributed by atoms with Crippen LogP contribution < -0.4 is 5.32 Å². The van der Waals surface area contributed by atoms with Gasteiger partial charge in [0.15, 0.2) is 0 Å². The van der Waals surface area contributed by atoms with Crippen LogP contribution in [-0.4, -0.2) is 23.2 Å². The number of benzene rings is 1. The Balaban J connectivity index is 2.53. The van der Waals surface area contributed by atoms with E-state index in [1.807, 2.05) is 37.3 Å². The Morgan fingerprint density at radius 1 is 1.35 bits per heavy atom. The summed E-state index contributed by atoms with van der Waals surface area (Å²) in [5.74, 6) is -0.231. The Kier molecular flexibility index (Phi) is 5.45. The predicted octanol–water partition coefficient (Wildman–Crippen LogP) is 2.24. The predicted molar refractivity (Wildman–Crippen MR) is 68.9 cm³/mol. The number of aliphatic hydroxyl groups is 1. The number of carbonyl (C=O) groups excluding carboxylic acids is 1. The van der Waals surface area contributed by atoms with Crippen LogP contribution >= 0.6 is 11.6 Å². The molecule has 94 valence electrons. The molecule has 1 aromatic rings. The largest absolute Gasteiger partial charge is 0.393 e. The average molecular weight is 256 g/mol. The third-order valence-corrected chi connectivity index (χ3v) is 2.86. The van der Waals surface area contributed by atoms with Crippen molar-refractivity contribution < 1.29 is 9.90 Å².